The SMILES string of the molecule is c1ccc(-c2ccc(N(c3ccc(-c4ccccc4)cc3)c3cc4oc5ccccc5c4c4c3oc3ccccc34)cc2)cc1. The molecule has 0 spiro atoms. The summed E-state index contributed by atoms with van der Waals surface area (Å²) in [4.78, 5) is 2.28. The first-order chi connectivity index (χ1) is 22.3. The summed E-state index contributed by atoms with van der Waals surface area (Å²) in [5, 5.41) is 4.30. The van der Waals surface area contributed by atoms with Crippen LogP contribution < -0.4 is 4.90 Å². The van der Waals surface area contributed by atoms with Crippen molar-refractivity contribution in [1.82, 2.24) is 0 Å². The molecular weight excluding hydrogens is 550 g/mol. The lowest BCUT2D eigenvalue weighted by Crippen LogP contribution is -2.10. The summed E-state index contributed by atoms with van der Waals surface area (Å²) in [5.41, 5.74) is 11.1. The van der Waals surface area contributed by atoms with Crippen molar-refractivity contribution in [3.05, 3.63) is 164 Å². The number of fused-ring (bicyclic) bond motifs is 7. The molecule has 0 atom stereocenters. The van der Waals surface area contributed by atoms with Gasteiger partial charge in [-0.3, -0.25) is 0 Å². The Hall–Kier alpha value is -6.06. The van der Waals surface area contributed by atoms with Gasteiger partial charge in [0.15, 0.2) is 5.58 Å². The molecule has 0 aliphatic heterocycles. The topological polar surface area (TPSA) is 29.5 Å². The number of furan rings is 2. The molecule has 2 heterocycles. The predicted molar refractivity (Wildman–Crippen MR) is 187 cm³/mol. The highest BCUT2D eigenvalue weighted by Crippen LogP contribution is 2.48. The summed E-state index contributed by atoms with van der Waals surface area (Å²) < 4.78 is 13.3. The Bertz CT molecular complexity index is 2370. The molecule has 0 N–H and O–H groups in total. The third-order valence-electron chi connectivity index (χ3n) is 8.67. The van der Waals surface area contributed by atoms with Gasteiger partial charge in [0.05, 0.1) is 5.69 Å². The largest absolute Gasteiger partial charge is 0.456 e. The second-order valence-electron chi connectivity index (χ2n) is 11.3. The third-order valence-corrected chi connectivity index (χ3v) is 8.67. The molecule has 0 amide bonds. The summed E-state index contributed by atoms with van der Waals surface area (Å²) in [6, 6.07) is 57.1. The maximum Gasteiger partial charge on any atom is 0.160 e. The van der Waals surface area contributed by atoms with Crippen LogP contribution in [0.15, 0.2) is 173 Å². The van der Waals surface area contributed by atoms with Crippen molar-refractivity contribution in [2.45, 2.75) is 0 Å². The molecule has 0 radical (unpaired) electrons. The Labute approximate surface area is 260 Å². The van der Waals surface area contributed by atoms with E-state index in [-0.39, 0.29) is 0 Å². The second kappa shape index (κ2) is 10.3. The van der Waals surface area contributed by atoms with E-state index in [0.29, 0.717) is 0 Å². The molecule has 45 heavy (non-hydrogen) atoms. The minimum Gasteiger partial charge on any atom is -0.456 e. The fourth-order valence-electron chi connectivity index (χ4n) is 6.55. The molecule has 3 heteroatoms. The number of para-hydroxylation sites is 2. The Morgan fingerprint density at radius 2 is 0.800 bits per heavy atom. The maximum atomic E-state index is 6.74. The molecule has 0 saturated carbocycles. The van der Waals surface area contributed by atoms with Crippen LogP contribution in [0.4, 0.5) is 17.1 Å². The van der Waals surface area contributed by atoms with Gasteiger partial charge in [-0.2, -0.15) is 0 Å². The van der Waals surface area contributed by atoms with Crippen molar-refractivity contribution in [2.75, 3.05) is 4.90 Å². The van der Waals surface area contributed by atoms with Gasteiger partial charge in [-0.05, 0) is 58.7 Å². The van der Waals surface area contributed by atoms with Crippen molar-refractivity contribution in [3.8, 4) is 22.3 Å². The predicted octanol–water partition coefficient (Wildman–Crippen LogP) is 12.3. The Kier molecular flexibility index (Phi) is 5.82. The zero-order valence-corrected chi connectivity index (χ0v) is 24.4. The smallest absolute Gasteiger partial charge is 0.160 e. The van der Waals surface area contributed by atoms with Crippen LogP contribution in [0.25, 0.3) is 66.1 Å². The van der Waals surface area contributed by atoms with E-state index in [9.17, 15) is 0 Å². The summed E-state index contributed by atoms with van der Waals surface area (Å²) >= 11 is 0. The first-order valence-electron chi connectivity index (χ1n) is 15.2. The lowest BCUT2D eigenvalue weighted by molar-refractivity contribution is 0.663. The molecule has 0 aliphatic rings. The molecule has 0 aliphatic carbocycles. The van der Waals surface area contributed by atoms with Crippen molar-refractivity contribution in [3.63, 3.8) is 0 Å². The number of rotatable bonds is 5. The lowest BCUT2D eigenvalue weighted by Gasteiger charge is -2.26. The van der Waals surface area contributed by atoms with Crippen molar-refractivity contribution in [2.24, 2.45) is 0 Å². The second-order valence-corrected chi connectivity index (χ2v) is 11.3. The highest BCUT2D eigenvalue weighted by atomic mass is 16.3. The van der Waals surface area contributed by atoms with Crippen LogP contribution in [0.1, 0.15) is 0 Å². The van der Waals surface area contributed by atoms with Gasteiger partial charge in [0, 0.05) is 39.0 Å². The number of nitrogens with zero attached hydrogens (tertiary/aromatic N) is 1. The summed E-state index contributed by atoms with van der Waals surface area (Å²) in [6.07, 6.45) is 0. The molecule has 0 bridgehead atoms. The van der Waals surface area contributed by atoms with Crippen molar-refractivity contribution >= 4 is 60.9 Å². The van der Waals surface area contributed by atoms with Gasteiger partial charge in [-0.1, -0.05) is 121 Å². The van der Waals surface area contributed by atoms with E-state index in [1.165, 1.54) is 22.3 Å². The van der Waals surface area contributed by atoms with Crippen LogP contribution >= 0.6 is 0 Å². The molecule has 2 aromatic heterocycles. The number of benzene rings is 7. The van der Waals surface area contributed by atoms with Gasteiger partial charge in [0.25, 0.3) is 0 Å². The third kappa shape index (κ3) is 4.21. The summed E-state index contributed by atoms with van der Waals surface area (Å²) in [6.45, 7) is 0. The number of hydrogen-bond acceptors (Lipinski definition) is 3. The molecule has 0 saturated heterocycles. The molecule has 212 valence electrons. The van der Waals surface area contributed by atoms with E-state index in [1.807, 2.05) is 36.4 Å². The van der Waals surface area contributed by atoms with Gasteiger partial charge >= 0.3 is 0 Å². The van der Waals surface area contributed by atoms with Crippen LogP contribution in [0.3, 0.4) is 0 Å². The summed E-state index contributed by atoms with van der Waals surface area (Å²) in [5.74, 6) is 0. The average Bonchev–Trinajstić information content (AvgIpc) is 3.68. The lowest BCUT2D eigenvalue weighted by atomic mass is 10.0. The highest BCUT2D eigenvalue weighted by molar-refractivity contribution is 6.28. The summed E-state index contributed by atoms with van der Waals surface area (Å²) in [7, 11) is 0. The van der Waals surface area contributed by atoms with E-state index in [1.54, 1.807) is 0 Å². The molecule has 7 aromatic carbocycles. The van der Waals surface area contributed by atoms with Gasteiger partial charge in [-0.15, -0.1) is 0 Å². The van der Waals surface area contributed by atoms with Crippen LogP contribution in [0.5, 0.6) is 0 Å². The first kappa shape index (κ1) is 25.4. The minimum atomic E-state index is 0.828. The van der Waals surface area contributed by atoms with E-state index < -0.39 is 0 Å². The van der Waals surface area contributed by atoms with Gasteiger partial charge < -0.3 is 13.7 Å². The zero-order valence-electron chi connectivity index (χ0n) is 24.4. The molecule has 3 nitrogen and oxygen atoms in total. The van der Waals surface area contributed by atoms with E-state index in [0.717, 1.165) is 60.9 Å². The zero-order chi connectivity index (χ0) is 29.7. The standard InChI is InChI=1S/C42H27NO2/c1-3-11-28(12-4-1)30-19-23-32(24-20-30)43(33-25-21-31(22-26-33)29-13-5-2-6-14-29)36-27-39-40(34-15-7-9-17-37(34)44-39)41-35-16-8-10-18-38(35)45-42(36)41/h1-27H. The van der Waals surface area contributed by atoms with Crippen LogP contribution in [0.2, 0.25) is 0 Å². The number of anilines is 3. The fourth-order valence-corrected chi connectivity index (χ4v) is 6.55. The Morgan fingerprint density at radius 3 is 1.36 bits per heavy atom. The molecule has 9 aromatic rings. The first-order valence-corrected chi connectivity index (χ1v) is 15.2. The Balaban J connectivity index is 1.31. The number of hydrogen-bond donors (Lipinski definition) is 0. The quantitative estimate of drug-likeness (QED) is 0.204. The normalized spacial score (nSPS) is 11.6. The van der Waals surface area contributed by atoms with E-state index in [4.69, 9.17) is 8.83 Å². The van der Waals surface area contributed by atoms with Gasteiger partial charge in [-0.25, -0.2) is 0 Å². The van der Waals surface area contributed by atoms with Crippen molar-refractivity contribution in [1.29, 1.82) is 0 Å². The van der Waals surface area contributed by atoms with Crippen molar-refractivity contribution < 1.29 is 8.83 Å². The minimum absolute atomic E-state index is 0.828. The maximum absolute atomic E-state index is 6.74. The fraction of sp³-hybridized carbons (Fsp3) is 0. The molecule has 0 fully saturated rings. The van der Waals surface area contributed by atoms with Gasteiger partial charge in [0.1, 0.15) is 16.7 Å². The average molecular weight is 578 g/mol. The van der Waals surface area contributed by atoms with Crippen LogP contribution in [-0.2, 0) is 0 Å². The highest BCUT2D eigenvalue weighted by Gasteiger charge is 2.24. The van der Waals surface area contributed by atoms with Crippen LogP contribution in [-0.4, -0.2) is 0 Å². The Morgan fingerprint density at radius 1 is 0.356 bits per heavy atom. The molecule has 9 rings (SSSR count). The van der Waals surface area contributed by atoms with E-state index in [2.05, 4.69) is 132 Å². The monoisotopic (exact) mass is 577 g/mol. The van der Waals surface area contributed by atoms with E-state index >= 15 is 0 Å². The molecular formula is C42H27NO2. The van der Waals surface area contributed by atoms with Crippen LogP contribution in [0, 0.1) is 0 Å². The van der Waals surface area contributed by atoms with Gasteiger partial charge in [0.2, 0.25) is 0 Å². The molecule has 0 unspecified atom stereocenters.